The summed E-state index contributed by atoms with van der Waals surface area (Å²) in [6.07, 6.45) is 1.93. The summed E-state index contributed by atoms with van der Waals surface area (Å²) in [4.78, 5) is 0. The Morgan fingerprint density at radius 1 is 1.12 bits per heavy atom. The quantitative estimate of drug-likeness (QED) is 0.695. The maximum absolute atomic E-state index is 5.89. The van der Waals surface area contributed by atoms with Crippen LogP contribution in [0.4, 0.5) is 0 Å². The van der Waals surface area contributed by atoms with E-state index in [1.807, 2.05) is 24.3 Å². The van der Waals surface area contributed by atoms with E-state index < -0.39 is 0 Å². The van der Waals surface area contributed by atoms with Gasteiger partial charge in [0.05, 0.1) is 0 Å². The molecular formula is C19H21BrClNO2. The van der Waals surface area contributed by atoms with E-state index in [-0.39, 0.29) is 5.54 Å². The highest BCUT2D eigenvalue weighted by Gasteiger charge is 2.33. The number of hydrogen-bond donors (Lipinski definition) is 1. The highest BCUT2D eigenvalue weighted by atomic mass is 79.9. The Morgan fingerprint density at radius 2 is 1.88 bits per heavy atom. The average Bonchev–Trinajstić information content (AvgIpc) is 2.61. The van der Waals surface area contributed by atoms with Crippen molar-refractivity contribution in [2.45, 2.75) is 18.4 Å². The van der Waals surface area contributed by atoms with Crippen molar-refractivity contribution in [3.63, 3.8) is 0 Å². The Kier molecular flexibility index (Phi) is 6.17. The van der Waals surface area contributed by atoms with Gasteiger partial charge in [-0.25, -0.2) is 0 Å². The monoisotopic (exact) mass is 409 g/mol. The molecule has 0 unspecified atom stereocenters. The Morgan fingerprint density at radius 3 is 2.58 bits per heavy atom. The molecule has 0 amide bonds. The van der Waals surface area contributed by atoms with E-state index in [0.29, 0.717) is 6.61 Å². The summed E-state index contributed by atoms with van der Waals surface area (Å²) in [5.74, 6) is 0.838. The van der Waals surface area contributed by atoms with Gasteiger partial charge in [-0.05, 0) is 54.8 Å². The summed E-state index contributed by atoms with van der Waals surface area (Å²) in [5, 5.41) is 4.43. The van der Waals surface area contributed by atoms with Crippen LogP contribution in [0.2, 0.25) is 5.02 Å². The number of nitrogens with one attached hydrogen (secondary N) is 1. The topological polar surface area (TPSA) is 30.5 Å². The molecule has 1 fully saturated rings. The van der Waals surface area contributed by atoms with Crippen molar-refractivity contribution in [1.82, 2.24) is 5.32 Å². The maximum Gasteiger partial charge on any atom is 0.119 e. The normalized spacial score (nSPS) is 16.8. The highest BCUT2D eigenvalue weighted by molar-refractivity contribution is 9.10. The molecular weight excluding hydrogens is 390 g/mol. The molecule has 0 aromatic heterocycles. The van der Waals surface area contributed by atoms with Crippen molar-refractivity contribution < 1.29 is 9.47 Å². The third-order valence-corrected chi connectivity index (χ3v) is 5.12. The van der Waals surface area contributed by atoms with E-state index in [9.17, 15) is 0 Å². The van der Waals surface area contributed by atoms with Crippen LogP contribution in [0.25, 0.3) is 0 Å². The molecule has 0 bridgehead atoms. The van der Waals surface area contributed by atoms with Gasteiger partial charge < -0.3 is 14.8 Å². The molecule has 0 spiro atoms. The van der Waals surface area contributed by atoms with Crippen LogP contribution < -0.4 is 10.1 Å². The second-order valence-electron chi connectivity index (χ2n) is 5.93. The van der Waals surface area contributed by atoms with Gasteiger partial charge in [0.1, 0.15) is 12.4 Å². The summed E-state index contributed by atoms with van der Waals surface area (Å²) < 4.78 is 12.5. The summed E-state index contributed by atoms with van der Waals surface area (Å²) in [6.45, 7) is 2.93. The third kappa shape index (κ3) is 4.51. The third-order valence-electron chi connectivity index (χ3n) is 4.37. The Hall–Kier alpha value is -1.07. The van der Waals surface area contributed by atoms with Gasteiger partial charge in [0.25, 0.3) is 0 Å². The molecule has 2 aromatic rings. The van der Waals surface area contributed by atoms with Crippen LogP contribution in [-0.4, -0.2) is 26.4 Å². The SMILES string of the molecule is Clc1ccc(OCCNC2(c3cccc(Br)c3)CCOCC2)cc1. The smallest absolute Gasteiger partial charge is 0.119 e. The van der Waals surface area contributed by atoms with Gasteiger partial charge in [-0.1, -0.05) is 39.7 Å². The lowest BCUT2D eigenvalue weighted by Crippen LogP contribution is -2.48. The first-order valence-corrected chi connectivity index (χ1v) is 9.32. The lowest BCUT2D eigenvalue weighted by atomic mass is 9.82. The van der Waals surface area contributed by atoms with Crippen molar-refractivity contribution >= 4 is 27.5 Å². The lowest BCUT2D eigenvalue weighted by Gasteiger charge is -2.39. The number of benzene rings is 2. The van der Waals surface area contributed by atoms with Crippen LogP contribution >= 0.6 is 27.5 Å². The Labute approximate surface area is 156 Å². The fourth-order valence-electron chi connectivity index (χ4n) is 3.06. The molecule has 0 atom stereocenters. The van der Waals surface area contributed by atoms with Gasteiger partial charge in [-0.2, -0.15) is 0 Å². The second-order valence-corrected chi connectivity index (χ2v) is 7.29. The minimum absolute atomic E-state index is 0.0502. The molecule has 1 aliphatic rings. The molecule has 0 aliphatic carbocycles. The molecule has 1 heterocycles. The van der Waals surface area contributed by atoms with Crippen molar-refractivity contribution in [2.75, 3.05) is 26.4 Å². The van der Waals surface area contributed by atoms with Gasteiger partial charge >= 0.3 is 0 Å². The molecule has 2 aromatic carbocycles. The Bertz CT molecular complexity index is 657. The van der Waals surface area contributed by atoms with Crippen molar-refractivity contribution in [1.29, 1.82) is 0 Å². The molecule has 0 saturated carbocycles. The van der Waals surface area contributed by atoms with Crippen molar-refractivity contribution in [3.8, 4) is 5.75 Å². The molecule has 5 heteroatoms. The molecule has 3 nitrogen and oxygen atoms in total. The van der Waals surface area contributed by atoms with Gasteiger partial charge in [0.2, 0.25) is 0 Å². The van der Waals surface area contributed by atoms with E-state index in [2.05, 4.69) is 45.5 Å². The molecule has 1 saturated heterocycles. The van der Waals surface area contributed by atoms with E-state index in [1.54, 1.807) is 0 Å². The van der Waals surface area contributed by atoms with E-state index in [4.69, 9.17) is 21.1 Å². The van der Waals surface area contributed by atoms with Crippen LogP contribution in [0.1, 0.15) is 18.4 Å². The van der Waals surface area contributed by atoms with Crippen LogP contribution in [0.5, 0.6) is 5.75 Å². The fraction of sp³-hybridized carbons (Fsp3) is 0.368. The number of ether oxygens (including phenoxy) is 2. The van der Waals surface area contributed by atoms with E-state index in [0.717, 1.165) is 47.8 Å². The van der Waals surface area contributed by atoms with E-state index >= 15 is 0 Å². The van der Waals surface area contributed by atoms with Crippen LogP contribution in [0.3, 0.4) is 0 Å². The second kappa shape index (κ2) is 8.34. The summed E-state index contributed by atoms with van der Waals surface area (Å²) in [6, 6.07) is 16.0. The first-order valence-electron chi connectivity index (χ1n) is 8.15. The number of halogens is 2. The zero-order valence-electron chi connectivity index (χ0n) is 13.4. The predicted molar refractivity (Wildman–Crippen MR) is 101 cm³/mol. The minimum atomic E-state index is -0.0502. The molecule has 24 heavy (non-hydrogen) atoms. The zero-order chi connectivity index (χ0) is 16.8. The van der Waals surface area contributed by atoms with Crippen LogP contribution in [0.15, 0.2) is 53.0 Å². The van der Waals surface area contributed by atoms with E-state index in [1.165, 1.54) is 5.56 Å². The Balaban J connectivity index is 1.61. The average molecular weight is 411 g/mol. The standard InChI is InChI=1S/C19H21BrClNO2/c20-16-3-1-2-15(14-16)19(8-11-23-12-9-19)22-10-13-24-18-6-4-17(21)5-7-18/h1-7,14,22H,8-13H2. The van der Waals surface area contributed by atoms with Crippen molar-refractivity contribution in [2.24, 2.45) is 0 Å². The highest BCUT2D eigenvalue weighted by Crippen LogP contribution is 2.33. The molecule has 3 rings (SSSR count). The minimum Gasteiger partial charge on any atom is -0.492 e. The van der Waals surface area contributed by atoms with Gasteiger partial charge in [-0.15, -0.1) is 0 Å². The van der Waals surface area contributed by atoms with Gasteiger partial charge in [0.15, 0.2) is 0 Å². The zero-order valence-corrected chi connectivity index (χ0v) is 15.8. The molecule has 1 N–H and O–H groups in total. The molecule has 0 radical (unpaired) electrons. The van der Waals surface area contributed by atoms with Gasteiger partial charge in [-0.3, -0.25) is 0 Å². The number of rotatable bonds is 6. The first kappa shape index (κ1) is 17.7. The van der Waals surface area contributed by atoms with Crippen LogP contribution in [0, 0.1) is 0 Å². The van der Waals surface area contributed by atoms with Gasteiger partial charge in [0, 0.05) is 34.8 Å². The van der Waals surface area contributed by atoms with Crippen molar-refractivity contribution in [3.05, 3.63) is 63.6 Å². The summed E-state index contributed by atoms with van der Waals surface area (Å²) >= 11 is 9.47. The first-order chi connectivity index (χ1) is 11.7. The van der Waals surface area contributed by atoms with Crippen LogP contribution in [-0.2, 0) is 10.3 Å². The maximum atomic E-state index is 5.89. The summed E-state index contributed by atoms with van der Waals surface area (Å²) in [5.41, 5.74) is 1.25. The lowest BCUT2D eigenvalue weighted by molar-refractivity contribution is 0.0352. The molecule has 1 aliphatic heterocycles. The summed E-state index contributed by atoms with van der Waals surface area (Å²) in [7, 11) is 0. The molecule has 128 valence electrons. The predicted octanol–water partition coefficient (Wildman–Crippen LogP) is 4.78. The largest absolute Gasteiger partial charge is 0.492 e. The fourth-order valence-corrected chi connectivity index (χ4v) is 3.59. The number of hydrogen-bond acceptors (Lipinski definition) is 3.